The van der Waals surface area contributed by atoms with Crippen LogP contribution in [0, 0.1) is 0 Å². The number of aromatic nitrogens is 2. The quantitative estimate of drug-likeness (QED) is 0.805. The molecule has 1 aromatic rings. The Morgan fingerprint density at radius 1 is 1.27 bits per heavy atom. The van der Waals surface area contributed by atoms with Crippen LogP contribution < -0.4 is 4.74 Å². The lowest BCUT2D eigenvalue weighted by molar-refractivity contribution is -0.165. The summed E-state index contributed by atoms with van der Waals surface area (Å²) in [4.78, 5) is 8.10. The van der Waals surface area contributed by atoms with Crippen molar-refractivity contribution in [3.05, 3.63) is 18.6 Å². The molecule has 0 unspecified atom stereocenters. The fraction of sp³-hybridized carbons (Fsp3) is 0.714. The molecule has 0 bridgehead atoms. The van der Waals surface area contributed by atoms with Gasteiger partial charge >= 0.3 is 0 Å². The van der Waals surface area contributed by atoms with Crippen molar-refractivity contribution in [2.75, 3.05) is 19.7 Å². The molecular formula is C14H19N3O4S. The van der Waals surface area contributed by atoms with Gasteiger partial charge in [0, 0.05) is 38.3 Å². The highest BCUT2D eigenvalue weighted by molar-refractivity contribution is 7.90. The number of hydrogen-bond donors (Lipinski definition) is 0. The Morgan fingerprint density at radius 2 is 2.09 bits per heavy atom. The van der Waals surface area contributed by atoms with Crippen LogP contribution in [0.15, 0.2) is 18.6 Å². The fourth-order valence-electron chi connectivity index (χ4n) is 3.17. The maximum atomic E-state index is 12.2. The summed E-state index contributed by atoms with van der Waals surface area (Å²) in [5, 5.41) is -0.153. The number of rotatable bonds is 4. The zero-order valence-corrected chi connectivity index (χ0v) is 13.0. The maximum absolute atomic E-state index is 12.2. The molecule has 1 saturated carbocycles. The van der Waals surface area contributed by atoms with E-state index >= 15 is 0 Å². The Balaban J connectivity index is 1.38. The summed E-state index contributed by atoms with van der Waals surface area (Å²) >= 11 is 0. The molecule has 120 valence electrons. The van der Waals surface area contributed by atoms with Crippen LogP contribution in [0.4, 0.5) is 0 Å². The van der Waals surface area contributed by atoms with E-state index in [1.807, 2.05) is 0 Å². The predicted molar refractivity (Wildman–Crippen MR) is 77.9 cm³/mol. The van der Waals surface area contributed by atoms with Crippen molar-refractivity contribution < 1.29 is 17.9 Å². The minimum absolute atomic E-state index is 0.00349. The molecule has 1 atom stereocenters. The monoisotopic (exact) mass is 325 g/mol. The number of hydrogen-bond acceptors (Lipinski definition) is 6. The molecule has 2 saturated heterocycles. The molecule has 2 aliphatic heterocycles. The first-order valence-electron chi connectivity index (χ1n) is 7.63. The molecule has 0 amide bonds. The fourth-order valence-corrected chi connectivity index (χ4v) is 5.16. The highest BCUT2D eigenvalue weighted by Gasteiger charge is 2.55. The van der Waals surface area contributed by atoms with Gasteiger partial charge in [0.1, 0.15) is 6.10 Å². The largest absolute Gasteiger partial charge is 0.473 e. The van der Waals surface area contributed by atoms with Crippen LogP contribution in [-0.2, 0) is 14.8 Å². The molecule has 22 heavy (non-hydrogen) atoms. The Labute approximate surface area is 129 Å². The van der Waals surface area contributed by atoms with Crippen LogP contribution in [0.5, 0.6) is 5.88 Å². The third kappa shape index (κ3) is 2.59. The molecule has 1 spiro atoms. The number of sulfonamides is 1. The van der Waals surface area contributed by atoms with Gasteiger partial charge in [-0.25, -0.2) is 13.4 Å². The van der Waals surface area contributed by atoms with Gasteiger partial charge in [-0.05, 0) is 12.8 Å². The van der Waals surface area contributed by atoms with Crippen LogP contribution in [-0.4, -0.2) is 59.3 Å². The van der Waals surface area contributed by atoms with E-state index in [2.05, 4.69) is 9.97 Å². The molecule has 1 aliphatic carbocycles. The van der Waals surface area contributed by atoms with E-state index in [9.17, 15) is 8.42 Å². The van der Waals surface area contributed by atoms with E-state index in [1.54, 1.807) is 22.9 Å². The normalized spacial score (nSPS) is 28.3. The molecule has 8 heteroatoms. The Kier molecular flexibility index (Phi) is 3.35. The molecule has 7 nitrogen and oxygen atoms in total. The van der Waals surface area contributed by atoms with Crippen molar-refractivity contribution in [1.29, 1.82) is 0 Å². The third-order valence-corrected chi connectivity index (χ3v) is 6.80. The van der Waals surface area contributed by atoms with Crippen LogP contribution in [0.3, 0.4) is 0 Å². The minimum Gasteiger partial charge on any atom is -0.473 e. The van der Waals surface area contributed by atoms with Crippen LogP contribution >= 0.6 is 0 Å². The van der Waals surface area contributed by atoms with Gasteiger partial charge in [-0.15, -0.1) is 0 Å². The van der Waals surface area contributed by atoms with E-state index in [0.717, 1.165) is 19.3 Å². The summed E-state index contributed by atoms with van der Waals surface area (Å²) in [7, 11) is -3.09. The van der Waals surface area contributed by atoms with Crippen LogP contribution in [0.1, 0.15) is 25.7 Å². The molecule has 0 aromatic carbocycles. The SMILES string of the molecule is O=S(=O)(C1CC1)N1CC2(C[C@H](Oc3cnccn3)CCO2)C1. The molecule has 3 heterocycles. The Hall–Kier alpha value is -1.25. The lowest BCUT2D eigenvalue weighted by atomic mass is 9.86. The second kappa shape index (κ2) is 5.14. The highest BCUT2D eigenvalue weighted by atomic mass is 32.2. The summed E-state index contributed by atoms with van der Waals surface area (Å²) in [6.07, 6.45) is 7.86. The number of nitrogens with zero attached hydrogens (tertiary/aromatic N) is 3. The second-order valence-electron chi connectivity index (χ2n) is 6.32. The average Bonchev–Trinajstić information content (AvgIpc) is 3.31. The molecule has 3 aliphatic rings. The van der Waals surface area contributed by atoms with Gasteiger partial charge in [-0.1, -0.05) is 0 Å². The standard InChI is InChI=1S/C14H19N3O4S/c18-22(19,12-1-2-12)17-9-14(10-17)7-11(3-6-20-14)21-13-8-15-4-5-16-13/h4-5,8,11-12H,1-3,6-7,9-10H2/t11-/m1/s1. The predicted octanol–water partition coefficient (Wildman–Crippen LogP) is 0.581. The van der Waals surface area contributed by atoms with Crippen LogP contribution in [0.2, 0.25) is 0 Å². The summed E-state index contributed by atoms with van der Waals surface area (Å²) in [5.74, 6) is 0.506. The number of ether oxygens (including phenoxy) is 2. The van der Waals surface area contributed by atoms with Crippen molar-refractivity contribution in [3.8, 4) is 5.88 Å². The van der Waals surface area contributed by atoms with Crippen molar-refractivity contribution in [2.24, 2.45) is 0 Å². The van der Waals surface area contributed by atoms with Crippen molar-refractivity contribution in [1.82, 2.24) is 14.3 Å². The van der Waals surface area contributed by atoms with Gasteiger partial charge < -0.3 is 9.47 Å². The van der Waals surface area contributed by atoms with Crippen molar-refractivity contribution in [2.45, 2.75) is 42.6 Å². The first-order chi connectivity index (χ1) is 10.6. The molecule has 0 N–H and O–H groups in total. The highest BCUT2D eigenvalue weighted by Crippen LogP contribution is 2.41. The Bertz CT molecular complexity index is 641. The lowest BCUT2D eigenvalue weighted by Gasteiger charge is -2.52. The summed E-state index contributed by atoms with van der Waals surface area (Å²) < 4.78 is 37.7. The smallest absolute Gasteiger partial charge is 0.232 e. The topological polar surface area (TPSA) is 81.6 Å². The summed E-state index contributed by atoms with van der Waals surface area (Å²) in [6.45, 7) is 1.49. The van der Waals surface area contributed by atoms with Gasteiger partial charge in [0.05, 0.1) is 23.7 Å². The lowest BCUT2D eigenvalue weighted by Crippen LogP contribution is -2.67. The van der Waals surface area contributed by atoms with Crippen LogP contribution in [0.25, 0.3) is 0 Å². The molecule has 4 rings (SSSR count). The first kappa shape index (κ1) is 14.3. The first-order valence-corrected chi connectivity index (χ1v) is 9.13. The van der Waals surface area contributed by atoms with E-state index < -0.39 is 10.0 Å². The van der Waals surface area contributed by atoms with E-state index in [-0.39, 0.29) is 17.0 Å². The van der Waals surface area contributed by atoms with E-state index in [1.165, 1.54) is 0 Å². The van der Waals surface area contributed by atoms with Gasteiger partial charge in [-0.2, -0.15) is 4.31 Å². The zero-order chi connectivity index (χ0) is 15.2. The third-order valence-electron chi connectivity index (χ3n) is 4.51. The van der Waals surface area contributed by atoms with Gasteiger partial charge in [-0.3, -0.25) is 4.98 Å². The summed E-state index contributed by atoms with van der Waals surface area (Å²) in [6, 6.07) is 0. The van der Waals surface area contributed by atoms with Gasteiger partial charge in [0.2, 0.25) is 15.9 Å². The van der Waals surface area contributed by atoms with Crippen molar-refractivity contribution >= 4 is 10.0 Å². The molecule has 1 aromatic heterocycles. The van der Waals surface area contributed by atoms with E-state index in [4.69, 9.17) is 9.47 Å². The Morgan fingerprint density at radius 3 is 2.77 bits per heavy atom. The van der Waals surface area contributed by atoms with Gasteiger partial charge in [0.25, 0.3) is 0 Å². The van der Waals surface area contributed by atoms with Crippen molar-refractivity contribution in [3.63, 3.8) is 0 Å². The minimum atomic E-state index is -3.09. The molecular weight excluding hydrogens is 306 g/mol. The average molecular weight is 325 g/mol. The van der Waals surface area contributed by atoms with E-state index in [0.29, 0.717) is 32.0 Å². The van der Waals surface area contributed by atoms with Gasteiger partial charge in [0.15, 0.2) is 0 Å². The summed E-state index contributed by atoms with van der Waals surface area (Å²) in [5.41, 5.74) is -0.382. The molecule has 0 radical (unpaired) electrons. The maximum Gasteiger partial charge on any atom is 0.232 e. The second-order valence-corrected chi connectivity index (χ2v) is 8.53. The zero-order valence-electron chi connectivity index (χ0n) is 12.2. The molecule has 3 fully saturated rings.